The highest BCUT2D eigenvalue weighted by atomic mass is 14.7. The Labute approximate surface area is 76.7 Å². The SMILES string of the molecule is CCC1(N)CCCC(C)(C)CC1. The lowest BCUT2D eigenvalue weighted by Crippen LogP contribution is -2.38. The van der Waals surface area contributed by atoms with Crippen LogP contribution >= 0.6 is 0 Å². The summed E-state index contributed by atoms with van der Waals surface area (Å²) in [5.74, 6) is 0. The van der Waals surface area contributed by atoms with Gasteiger partial charge in [0, 0.05) is 5.54 Å². The molecule has 0 heterocycles. The second-order valence-electron chi connectivity index (χ2n) is 5.23. The molecule has 1 atom stereocenters. The summed E-state index contributed by atoms with van der Waals surface area (Å²) in [6.45, 7) is 6.96. The molecule has 0 aromatic rings. The molecule has 0 aromatic heterocycles. The van der Waals surface area contributed by atoms with Crippen LogP contribution < -0.4 is 5.73 Å². The van der Waals surface area contributed by atoms with E-state index in [-0.39, 0.29) is 5.54 Å². The monoisotopic (exact) mass is 169 g/mol. The van der Waals surface area contributed by atoms with Gasteiger partial charge in [0.2, 0.25) is 0 Å². The van der Waals surface area contributed by atoms with Gasteiger partial charge >= 0.3 is 0 Å². The zero-order valence-electron chi connectivity index (χ0n) is 8.82. The molecule has 0 amide bonds. The van der Waals surface area contributed by atoms with Crippen molar-refractivity contribution in [3.8, 4) is 0 Å². The highest BCUT2D eigenvalue weighted by Gasteiger charge is 2.30. The van der Waals surface area contributed by atoms with Gasteiger partial charge in [-0.25, -0.2) is 0 Å². The highest BCUT2D eigenvalue weighted by Crippen LogP contribution is 2.37. The van der Waals surface area contributed by atoms with Crippen molar-refractivity contribution in [3.63, 3.8) is 0 Å². The average Bonchev–Trinajstić information content (AvgIpc) is 2.13. The first-order valence-electron chi connectivity index (χ1n) is 5.26. The molecule has 1 aliphatic carbocycles. The first-order valence-corrected chi connectivity index (χ1v) is 5.26. The summed E-state index contributed by atoms with van der Waals surface area (Å²) in [7, 11) is 0. The number of rotatable bonds is 1. The first-order chi connectivity index (χ1) is 5.47. The largest absolute Gasteiger partial charge is 0.325 e. The van der Waals surface area contributed by atoms with E-state index in [0.717, 1.165) is 6.42 Å². The van der Waals surface area contributed by atoms with Crippen LogP contribution in [0, 0.1) is 5.41 Å². The zero-order chi connectivity index (χ0) is 9.24. The Kier molecular flexibility index (Phi) is 2.82. The van der Waals surface area contributed by atoms with Gasteiger partial charge in [0.15, 0.2) is 0 Å². The van der Waals surface area contributed by atoms with Gasteiger partial charge in [-0.1, -0.05) is 27.2 Å². The molecule has 1 heteroatoms. The third kappa shape index (κ3) is 2.48. The number of hydrogen-bond acceptors (Lipinski definition) is 1. The van der Waals surface area contributed by atoms with E-state index in [0.29, 0.717) is 5.41 Å². The quantitative estimate of drug-likeness (QED) is 0.600. The molecule has 2 N–H and O–H groups in total. The summed E-state index contributed by atoms with van der Waals surface area (Å²) >= 11 is 0. The molecule has 1 nitrogen and oxygen atoms in total. The van der Waals surface area contributed by atoms with Gasteiger partial charge in [0.25, 0.3) is 0 Å². The molecule has 1 unspecified atom stereocenters. The molecule has 0 radical (unpaired) electrons. The molecule has 0 saturated heterocycles. The van der Waals surface area contributed by atoms with E-state index in [1.807, 2.05) is 0 Å². The second-order valence-corrected chi connectivity index (χ2v) is 5.23. The van der Waals surface area contributed by atoms with Gasteiger partial charge in [-0.2, -0.15) is 0 Å². The molecule has 0 aromatic carbocycles. The molecule has 0 aliphatic heterocycles. The Morgan fingerprint density at radius 3 is 2.33 bits per heavy atom. The summed E-state index contributed by atoms with van der Waals surface area (Å²) in [6.07, 6.45) is 7.56. The Hall–Kier alpha value is -0.0400. The highest BCUT2D eigenvalue weighted by molar-refractivity contribution is 4.88. The van der Waals surface area contributed by atoms with Crippen LogP contribution in [0.25, 0.3) is 0 Å². The summed E-state index contributed by atoms with van der Waals surface area (Å²) < 4.78 is 0. The topological polar surface area (TPSA) is 26.0 Å². The van der Waals surface area contributed by atoms with Crippen molar-refractivity contribution < 1.29 is 0 Å². The van der Waals surface area contributed by atoms with Gasteiger partial charge < -0.3 is 5.73 Å². The number of hydrogen-bond donors (Lipinski definition) is 1. The average molecular weight is 169 g/mol. The standard InChI is InChI=1S/C11H23N/c1-4-11(12)7-5-6-10(2,3)8-9-11/h4-9,12H2,1-3H3. The molecule has 1 saturated carbocycles. The fraction of sp³-hybridized carbons (Fsp3) is 1.00. The summed E-state index contributed by atoms with van der Waals surface area (Å²) in [6, 6.07) is 0. The predicted octanol–water partition coefficient (Wildman–Crippen LogP) is 3.08. The Balaban J connectivity index is 2.56. The number of nitrogens with two attached hydrogens (primary N) is 1. The molecule has 0 spiro atoms. The van der Waals surface area contributed by atoms with Crippen LogP contribution in [0.15, 0.2) is 0 Å². The van der Waals surface area contributed by atoms with Crippen molar-refractivity contribution in [1.82, 2.24) is 0 Å². The minimum atomic E-state index is 0.160. The van der Waals surface area contributed by atoms with Gasteiger partial charge in [-0.15, -0.1) is 0 Å². The maximum Gasteiger partial charge on any atom is 0.0151 e. The van der Waals surface area contributed by atoms with Crippen LogP contribution in [-0.2, 0) is 0 Å². The van der Waals surface area contributed by atoms with Crippen LogP contribution in [0.5, 0.6) is 0 Å². The zero-order valence-corrected chi connectivity index (χ0v) is 8.82. The van der Waals surface area contributed by atoms with Crippen molar-refractivity contribution in [3.05, 3.63) is 0 Å². The maximum atomic E-state index is 6.28. The molecular formula is C11H23N. The van der Waals surface area contributed by atoms with Crippen LogP contribution in [0.1, 0.15) is 59.3 Å². The summed E-state index contributed by atoms with van der Waals surface area (Å²) in [5.41, 5.74) is 6.98. The lowest BCUT2D eigenvalue weighted by Gasteiger charge is -2.27. The van der Waals surface area contributed by atoms with Crippen molar-refractivity contribution in [2.24, 2.45) is 11.1 Å². The van der Waals surface area contributed by atoms with Crippen molar-refractivity contribution in [2.75, 3.05) is 0 Å². The lowest BCUT2D eigenvalue weighted by atomic mass is 9.83. The van der Waals surface area contributed by atoms with E-state index in [1.54, 1.807) is 0 Å². The third-order valence-electron chi connectivity index (χ3n) is 3.53. The molecule has 0 bridgehead atoms. The van der Waals surface area contributed by atoms with Crippen LogP contribution in [0.4, 0.5) is 0 Å². The van der Waals surface area contributed by atoms with E-state index >= 15 is 0 Å². The maximum absolute atomic E-state index is 6.28. The van der Waals surface area contributed by atoms with E-state index in [1.165, 1.54) is 32.1 Å². The van der Waals surface area contributed by atoms with Crippen molar-refractivity contribution >= 4 is 0 Å². The smallest absolute Gasteiger partial charge is 0.0151 e. The molecule has 72 valence electrons. The van der Waals surface area contributed by atoms with Gasteiger partial charge in [-0.3, -0.25) is 0 Å². The van der Waals surface area contributed by atoms with Gasteiger partial charge in [0.1, 0.15) is 0 Å². The van der Waals surface area contributed by atoms with E-state index in [9.17, 15) is 0 Å². The Morgan fingerprint density at radius 2 is 1.75 bits per heavy atom. The fourth-order valence-electron chi connectivity index (χ4n) is 2.11. The summed E-state index contributed by atoms with van der Waals surface area (Å²) in [5, 5.41) is 0. The molecule has 1 aliphatic rings. The van der Waals surface area contributed by atoms with E-state index in [2.05, 4.69) is 20.8 Å². The normalized spacial score (nSPS) is 36.0. The lowest BCUT2D eigenvalue weighted by molar-refractivity contribution is 0.295. The Bertz CT molecular complexity index is 151. The first kappa shape index (κ1) is 10.0. The minimum absolute atomic E-state index is 0.160. The molecular weight excluding hydrogens is 146 g/mol. The molecule has 12 heavy (non-hydrogen) atoms. The fourth-order valence-corrected chi connectivity index (χ4v) is 2.11. The Morgan fingerprint density at radius 1 is 1.08 bits per heavy atom. The predicted molar refractivity (Wildman–Crippen MR) is 54.1 cm³/mol. The van der Waals surface area contributed by atoms with Gasteiger partial charge in [-0.05, 0) is 37.5 Å². The minimum Gasteiger partial charge on any atom is -0.325 e. The van der Waals surface area contributed by atoms with Crippen LogP contribution in [-0.4, -0.2) is 5.54 Å². The van der Waals surface area contributed by atoms with Crippen molar-refractivity contribution in [2.45, 2.75) is 64.8 Å². The van der Waals surface area contributed by atoms with Gasteiger partial charge in [0.05, 0.1) is 0 Å². The van der Waals surface area contributed by atoms with E-state index < -0.39 is 0 Å². The molecule has 1 rings (SSSR count). The van der Waals surface area contributed by atoms with Crippen LogP contribution in [0.3, 0.4) is 0 Å². The summed E-state index contributed by atoms with van der Waals surface area (Å²) in [4.78, 5) is 0. The molecule has 1 fully saturated rings. The van der Waals surface area contributed by atoms with Crippen molar-refractivity contribution in [1.29, 1.82) is 0 Å². The van der Waals surface area contributed by atoms with Crippen LogP contribution in [0.2, 0.25) is 0 Å². The second kappa shape index (κ2) is 3.37. The van der Waals surface area contributed by atoms with E-state index in [4.69, 9.17) is 5.73 Å². The third-order valence-corrected chi connectivity index (χ3v) is 3.53.